The molecule has 1 aromatic heterocycles. The Morgan fingerprint density at radius 3 is 3.06 bits per heavy atom. The number of nitrogens with one attached hydrogen (secondary N) is 1. The SMILES string of the molecule is CCN(C)CCNCc1cn(CCCO)nn1. The third kappa shape index (κ3) is 5.76. The fraction of sp³-hybridized carbons (Fsp3) is 0.818. The maximum Gasteiger partial charge on any atom is 0.0964 e. The Bertz CT molecular complexity index is 302. The molecule has 0 radical (unpaired) electrons. The second kappa shape index (κ2) is 8.16. The van der Waals surface area contributed by atoms with Crippen molar-refractivity contribution in [1.29, 1.82) is 0 Å². The van der Waals surface area contributed by atoms with E-state index in [-0.39, 0.29) is 6.61 Å². The second-order valence-corrected chi connectivity index (χ2v) is 4.12. The number of hydrogen-bond acceptors (Lipinski definition) is 5. The van der Waals surface area contributed by atoms with Crippen molar-refractivity contribution in [3.8, 4) is 0 Å². The molecular weight excluding hydrogens is 218 g/mol. The minimum Gasteiger partial charge on any atom is -0.396 e. The van der Waals surface area contributed by atoms with Crippen LogP contribution < -0.4 is 5.32 Å². The number of likely N-dealkylation sites (N-methyl/N-ethyl adjacent to an activating group) is 1. The lowest BCUT2D eigenvalue weighted by molar-refractivity contribution is 0.276. The van der Waals surface area contributed by atoms with Crippen molar-refractivity contribution < 1.29 is 5.11 Å². The molecule has 1 rings (SSSR count). The Kier molecular flexibility index (Phi) is 6.76. The molecule has 0 spiro atoms. The highest BCUT2D eigenvalue weighted by molar-refractivity contribution is 4.91. The van der Waals surface area contributed by atoms with E-state index >= 15 is 0 Å². The quantitative estimate of drug-likeness (QED) is 0.581. The molecule has 0 saturated carbocycles. The maximum absolute atomic E-state index is 8.70. The largest absolute Gasteiger partial charge is 0.396 e. The van der Waals surface area contributed by atoms with Crippen LogP contribution in [0.1, 0.15) is 19.0 Å². The van der Waals surface area contributed by atoms with Crippen LogP contribution in [0.3, 0.4) is 0 Å². The summed E-state index contributed by atoms with van der Waals surface area (Å²) in [6.45, 7) is 6.87. The third-order valence-corrected chi connectivity index (χ3v) is 2.65. The lowest BCUT2D eigenvalue weighted by Gasteiger charge is -2.13. The molecule has 0 saturated heterocycles. The molecule has 1 aromatic rings. The standard InChI is InChI=1S/C11H23N5O/c1-3-15(2)7-5-12-9-11-10-16(14-13-11)6-4-8-17/h10,12,17H,3-9H2,1-2H3. The van der Waals surface area contributed by atoms with Gasteiger partial charge in [-0.25, -0.2) is 0 Å². The smallest absolute Gasteiger partial charge is 0.0964 e. The predicted octanol–water partition coefficient (Wildman–Crippen LogP) is -0.298. The Morgan fingerprint density at radius 2 is 2.35 bits per heavy atom. The van der Waals surface area contributed by atoms with Crippen molar-refractivity contribution in [3.63, 3.8) is 0 Å². The highest BCUT2D eigenvalue weighted by Gasteiger charge is 2.00. The highest BCUT2D eigenvalue weighted by atomic mass is 16.3. The summed E-state index contributed by atoms with van der Waals surface area (Å²) in [6.07, 6.45) is 2.64. The van der Waals surface area contributed by atoms with E-state index in [1.54, 1.807) is 4.68 Å². The molecule has 6 heteroatoms. The highest BCUT2D eigenvalue weighted by Crippen LogP contribution is 1.94. The Balaban J connectivity index is 2.16. The van der Waals surface area contributed by atoms with Crippen molar-refractivity contribution in [1.82, 2.24) is 25.2 Å². The molecule has 0 aliphatic carbocycles. The van der Waals surface area contributed by atoms with Crippen LogP contribution in [0, 0.1) is 0 Å². The number of hydrogen-bond donors (Lipinski definition) is 2. The number of aryl methyl sites for hydroxylation is 1. The molecule has 0 amide bonds. The van der Waals surface area contributed by atoms with E-state index < -0.39 is 0 Å². The summed E-state index contributed by atoms with van der Waals surface area (Å²) in [5, 5.41) is 20.1. The van der Waals surface area contributed by atoms with E-state index in [0.717, 1.165) is 44.8 Å². The van der Waals surface area contributed by atoms with Crippen LogP contribution in [-0.4, -0.2) is 58.3 Å². The topological polar surface area (TPSA) is 66.2 Å². The van der Waals surface area contributed by atoms with Crippen LogP contribution in [0.15, 0.2) is 6.20 Å². The molecule has 17 heavy (non-hydrogen) atoms. The van der Waals surface area contributed by atoms with Crippen molar-refractivity contribution in [2.45, 2.75) is 26.4 Å². The Morgan fingerprint density at radius 1 is 1.53 bits per heavy atom. The van der Waals surface area contributed by atoms with Crippen LogP contribution in [0.2, 0.25) is 0 Å². The van der Waals surface area contributed by atoms with Crippen LogP contribution >= 0.6 is 0 Å². The van der Waals surface area contributed by atoms with Gasteiger partial charge in [-0.15, -0.1) is 5.10 Å². The summed E-state index contributed by atoms with van der Waals surface area (Å²) in [5.74, 6) is 0. The van der Waals surface area contributed by atoms with Gasteiger partial charge in [-0.3, -0.25) is 4.68 Å². The molecule has 0 bridgehead atoms. The van der Waals surface area contributed by atoms with Gasteiger partial charge < -0.3 is 15.3 Å². The number of aliphatic hydroxyl groups is 1. The normalized spacial score (nSPS) is 11.3. The van der Waals surface area contributed by atoms with E-state index in [9.17, 15) is 0 Å². The molecule has 0 aliphatic rings. The van der Waals surface area contributed by atoms with Gasteiger partial charge in [-0.05, 0) is 20.0 Å². The first-order valence-corrected chi connectivity index (χ1v) is 6.15. The van der Waals surface area contributed by atoms with E-state index in [4.69, 9.17) is 5.11 Å². The van der Waals surface area contributed by atoms with Gasteiger partial charge >= 0.3 is 0 Å². The zero-order valence-corrected chi connectivity index (χ0v) is 10.8. The van der Waals surface area contributed by atoms with Crippen molar-refractivity contribution in [2.24, 2.45) is 0 Å². The average molecular weight is 241 g/mol. The molecule has 1 heterocycles. The molecule has 0 fully saturated rings. The van der Waals surface area contributed by atoms with Crippen molar-refractivity contribution in [3.05, 3.63) is 11.9 Å². The Hall–Kier alpha value is -0.980. The summed E-state index contributed by atoms with van der Waals surface area (Å²) >= 11 is 0. The minimum atomic E-state index is 0.191. The number of nitrogens with zero attached hydrogens (tertiary/aromatic N) is 4. The van der Waals surface area contributed by atoms with E-state index in [1.165, 1.54) is 0 Å². The summed E-state index contributed by atoms with van der Waals surface area (Å²) in [7, 11) is 2.10. The average Bonchev–Trinajstić information content (AvgIpc) is 2.79. The molecule has 0 aromatic carbocycles. The van der Waals surface area contributed by atoms with Gasteiger partial charge in [0.1, 0.15) is 0 Å². The van der Waals surface area contributed by atoms with Crippen LogP contribution in [0.5, 0.6) is 0 Å². The summed E-state index contributed by atoms with van der Waals surface area (Å²) in [6, 6.07) is 0. The van der Waals surface area contributed by atoms with Crippen LogP contribution in [-0.2, 0) is 13.1 Å². The molecule has 98 valence electrons. The first-order chi connectivity index (χ1) is 8.26. The van der Waals surface area contributed by atoms with Crippen molar-refractivity contribution in [2.75, 3.05) is 33.3 Å². The molecule has 0 aliphatic heterocycles. The lowest BCUT2D eigenvalue weighted by atomic mass is 10.4. The first kappa shape index (κ1) is 14.1. The fourth-order valence-corrected chi connectivity index (χ4v) is 1.41. The zero-order valence-electron chi connectivity index (χ0n) is 10.8. The van der Waals surface area contributed by atoms with Gasteiger partial charge in [0.25, 0.3) is 0 Å². The van der Waals surface area contributed by atoms with Gasteiger partial charge in [0, 0.05) is 39.0 Å². The zero-order chi connectivity index (χ0) is 12.5. The summed E-state index contributed by atoms with van der Waals surface area (Å²) in [5.41, 5.74) is 0.946. The van der Waals surface area contributed by atoms with Crippen LogP contribution in [0.4, 0.5) is 0 Å². The molecule has 2 N–H and O–H groups in total. The number of rotatable bonds is 9. The maximum atomic E-state index is 8.70. The van der Waals surface area contributed by atoms with Gasteiger partial charge in [0.2, 0.25) is 0 Å². The van der Waals surface area contributed by atoms with Gasteiger partial charge in [-0.2, -0.15) is 0 Å². The van der Waals surface area contributed by atoms with E-state index in [1.807, 2.05) is 6.20 Å². The Labute approximate surface area is 103 Å². The van der Waals surface area contributed by atoms with Crippen molar-refractivity contribution >= 4 is 0 Å². The van der Waals surface area contributed by atoms with Gasteiger partial charge in [0.15, 0.2) is 0 Å². The van der Waals surface area contributed by atoms with E-state index in [0.29, 0.717) is 0 Å². The van der Waals surface area contributed by atoms with Gasteiger partial charge in [0.05, 0.1) is 5.69 Å². The number of aromatic nitrogens is 3. The third-order valence-electron chi connectivity index (χ3n) is 2.65. The summed E-state index contributed by atoms with van der Waals surface area (Å²) < 4.78 is 1.77. The predicted molar refractivity (Wildman–Crippen MR) is 66.6 cm³/mol. The van der Waals surface area contributed by atoms with Gasteiger partial charge in [-0.1, -0.05) is 12.1 Å². The van der Waals surface area contributed by atoms with Crippen LogP contribution in [0.25, 0.3) is 0 Å². The first-order valence-electron chi connectivity index (χ1n) is 6.15. The molecular formula is C11H23N5O. The molecule has 0 atom stereocenters. The monoisotopic (exact) mass is 241 g/mol. The number of aliphatic hydroxyl groups excluding tert-OH is 1. The molecule has 6 nitrogen and oxygen atoms in total. The fourth-order valence-electron chi connectivity index (χ4n) is 1.41. The lowest BCUT2D eigenvalue weighted by Crippen LogP contribution is -2.28. The van der Waals surface area contributed by atoms with E-state index in [2.05, 4.69) is 34.5 Å². The second-order valence-electron chi connectivity index (χ2n) is 4.12. The molecule has 0 unspecified atom stereocenters. The summed E-state index contributed by atoms with van der Waals surface area (Å²) in [4.78, 5) is 2.26. The minimum absolute atomic E-state index is 0.191.